The van der Waals surface area contributed by atoms with Gasteiger partial charge in [-0.25, -0.2) is 4.68 Å². The Morgan fingerprint density at radius 3 is 2.33 bits per heavy atom. The second-order valence-corrected chi connectivity index (χ2v) is 5.46. The van der Waals surface area contributed by atoms with E-state index in [1.54, 1.807) is 35.4 Å². The molecular weight excluding hydrogens is 350 g/mol. The zero-order valence-corrected chi connectivity index (χ0v) is 15.2. The van der Waals surface area contributed by atoms with Crippen LogP contribution in [0.15, 0.2) is 42.9 Å². The van der Waals surface area contributed by atoms with Gasteiger partial charge in [-0.05, 0) is 24.3 Å². The minimum Gasteiger partial charge on any atom is -0.493 e. The van der Waals surface area contributed by atoms with Crippen LogP contribution in [0.25, 0.3) is 5.69 Å². The van der Waals surface area contributed by atoms with Crippen LogP contribution in [0.5, 0.6) is 17.2 Å². The van der Waals surface area contributed by atoms with Gasteiger partial charge >= 0.3 is 0 Å². The molecule has 0 bridgehead atoms. The highest BCUT2D eigenvalue weighted by Gasteiger charge is 2.17. The van der Waals surface area contributed by atoms with Crippen molar-refractivity contribution in [3.8, 4) is 22.9 Å². The summed E-state index contributed by atoms with van der Waals surface area (Å²) in [5.41, 5.74) is 1.83. The lowest BCUT2D eigenvalue weighted by atomic mass is 10.1. The Labute approximate surface area is 155 Å². The van der Waals surface area contributed by atoms with Crippen LogP contribution in [0, 0.1) is 0 Å². The first-order chi connectivity index (χ1) is 13.2. The molecule has 0 spiro atoms. The van der Waals surface area contributed by atoms with E-state index in [2.05, 4.69) is 20.6 Å². The van der Waals surface area contributed by atoms with E-state index in [4.69, 9.17) is 14.2 Å². The SMILES string of the molecule is COc1cc(C(=O)NCc2cn(-c3ccncc3)nn2)cc(OC)c1OC. The lowest BCUT2D eigenvalue weighted by Crippen LogP contribution is -2.23. The number of carbonyl (C=O) groups excluding carboxylic acids is 1. The molecule has 0 aliphatic carbocycles. The number of benzene rings is 1. The van der Waals surface area contributed by atoms with Gasteiger partial charge in [0.05, 0.1) is 39.8 Å². The summed E-state index contributed by atoms with van der Waals surface area (Å²) in [7, 11) is 4.50. The van der Waals surface area contributed by atoms with Gasteiger partial charge in [-0.2, -0.15) is 0 Å². The molecule has 0 fully saturated rings. The van der Waals surface area contributed by atoms with Gasteiger partial charge in [0, 0.05) is 18.0 Å². The highest BCUT2D eigenvalue weighted by atomic mass is 16.5. The Morgan fingerprint density at radius 1 is 1.07 bits per heavy atom. The second-order valence-electron chi connectivity index (χ2n) is 5.46. The molecule has 3 rings (SSSR count). The van der Waals surface area contributed by atoms with Gasteiger partial charge in [0.15, 0.2) is 11.5 Å². The van der Waals surface area contributed by atoms with Crippen LogP contribution in [-0.2, 0) is 6.54 Å². The lowest BCUT2D eigenvalue weighted by molar-refractivity contribution is 0.0949. The number of amides is 1. The number of hydrogen-bond donors (Lipinski definition) is 1. The zero-order chi connectivity index (χ0) is 19.2. The largest absolute Gasteiger partial charge is 0.493 e. The number of pyridine rings is 1. The predicted molar refractivity (Wildman–Crippen MR) is 96.4 cm³/mol. The summed E-state index contributed by atoms with van der Waals surface area (Å²) in [6.07, 6.45) is 5.08. The first-order valence-corrected chi connectivity index (χ1v) is 8.06. The Balaban J connectivity index is 1.72. The molecule has 2 aromatic heterocycles. The zero-order valence-electron chi connectivity index (χ0n) is 15.2. The first-order valence-electron chi connectivity index (χ1n) is 8.06. The third-order valence-corrected chi connectivity index (χ3v) is 3.83. The van der Waals surface area contributed by atoms with Crippen LogP contribution < -0.4 is 19.5 Å². The number of ether oxygens (including phenoxy) is 3. The highest BCUT2D eigenvalue weighted by Crippen LogP contribution is 2.38. The van der Waals surface area contributed by atoms with Crippen molar-refractivity contribution < 1.29 is 19.0 Å². The molecule has 0 saturated heterocycles. The predicted octanol–water partition coefficient (Wildman–Crippen LogP) is 1.62. The molecule has 0 aliphatic rings. The Morgan fingerprint density at radius 2 is 1.74 bits per heavy atom. The van der Waals surface area contributed by atoms with Gasteiger partial charge < -0.3 is 19.5 Å². The maximum absolute atomic E-state index is 12.5. The van der Waals surface area contributed by atoms with Gasteiger partial charge in [0.2, 0.25) is 5.75 Å². The molecule has 0 saturated carbocycles. The Hall–Kier alpha value is -3.62. The normalized spacial score (nSPS) is 10.3. The Kier molecular flexibility index (Phi) is 5.50. The molecule has 27 heavy (non-hydrogen) atoms. The molecule has 2 heterocycles. The highest BCUT2D eigenvalue weighted by molar-refractivity contribution is 5.95. The number of carbonyl (C=O) groups is 1. The van der Waals surface area contributed by atoms with Crippen LogP contribution in [0.1, 0.15) is 16.1 Å². The fourth-order valence-corrected chi connectivity index (χ4v) is 2.49. The molecule has 1 N–H and O–H groups in total. The second kappa shape index (κ2) is 8.17. The summed E-state index contributed by atoms with van der Waals surface area (Å²) in [5, 5.41) is 10.9. The van der Waals surface area contributed by atoms with E-state index in [-0.39, 0.29) is 12.5 Å². The average Bonchev–Trinajstić information content (AvgIpc) is 3.20. The summed E-state index contributed by atoms with van der Waals surface area (Å²) in [4.78, 5) is 16.5. The van der Waals surface area contributed by atoms with E-state index in [1.165, 1.54) is 21.3 Å². The van der Waals surface area contributed by atoms with Crippen molar-refractivity contribution in [1.29, 1.82) is 0 Å². The third kappa shape index (κ3) is 3.97. The van der Waals surface area contributed by atoms with Crippen molar-refractivity contribution in [2.75, 3.05) is 21.3 Å². The topological polar surface area (TPSA) is 100 Å². The van der Waals surface area contributed by atoms with Gasteiger partial charge in [-0.3, -0.25) is 9.78 Å². The molecule has 0 radical (unpaired) electrons. The molecular formula is C18H19N5O4. The van der Waals surface area contributed by atoms with E-state index in [0.29, 0.717) is 28.5 Å². The fraction of sp³-hybridized carbons (Fsp3) is 0.222. The molecule has 0 atom stereocenters. The number of rotatable bonds is 7. The third-order valence-electron chi connectivity index (χ3n) is 3.83. The van der Waals surface area contributed by atoms with Gasteiger partial charge in [0.25, 0.3) is 5.91 Å². The summed E-state index contributed by atoms with van der Waals surface area (Å²) >= 11 is 0. The van der Waals surface area contributed by atoms with Crippen LogP contribution in [0.2, 0.25) is 0 Å². The molecule has 9 heteroatoms. The maximum Gasteiger partial charge on any atom is 0.251 e. The van der Waals surface area contributed by atoms with E-state index in [0.717, 1.165) is 5.69 Å². The summed E-state index contributed by atoms with van der Waals surface area (Å²) in [6, 6.07) is 6.80. The van der Waals surface area contributed by atoms with E-state index in [1.807, 2.05) is 12.1 Å². The van der Waals surface area contributed by atoms with Gasteiger partial charge in [-0.15, -0.1) is 5.10 Å². The number of methoxy groups -OCH3 is 3. The molecule has 9 nitrogen and oxygen atoms in total. The molecule has 1 amide bonds. The Bertz CT molecular complexity index is 902. The number of nitrogens with one attached hydrogen (secondary N) is 1. The van der Waals surface area contributed by atoms with Crippen molar-refractivity contribution in [3.63, 3.8) is 0 Å². The van der Waals surface area contributed by atoms with Crippen LogP contribution >= 0.6 is 0 Å². The number of aromatic nitrogens is 4. The molecule has 1 aromatic carbocycles. The summed E-state index contributed by atoms with van der Waals surface area (Å²) < 4.78 is 17.4. The van der Waals surface area contributed by atoms with Crippen molar-refractivity contribution in [1.82, 2.24) is 25.3 Å². The lowest BCUT2D eigenvalue weighted by Gasteiger charge is -2.13. The fourth-order valence-electron chi connectivity index (χ4n) is 2.49. The smallest absolute Gasteiger partial charge is 0.251 e. The quantitative estimate of drug-likeness (QED) is 0.675. The monoisotopic (exact) mass is 369 g/mol. The number of hydrogen-bond acceptors (Lipinski definition) is 7. The molecule has 0 unspecified atom stereocenters. The summed E-state index contributed by atoms with van der Waals surface area (Å²) in [6.45, 7) is 0.223. The molecule has 0 aliphatic heterocycles. The standard InChI is InChI=1S/C18H19N5O4/c1-25-15-8-12(9-16(26-2)17(15)27-3)18(24)20-10-13-11-23(22-21-13)14-4-6-19-7-5-14/h4-9,11H,10H2,1-3H3,(H,20,24). The van der Waals surface area contributed by atoms with Gasteiger partial charge in [-0.1, -0.05) is 5.21 Å². The van der Waals surface area contributed by atoms with Crippen molar-refractivity contribution in [2.45, 2.75) is 6.54 Å². The summed E-state index contributed by atoms with van der Waals surface area (Å²) in [5.74, 6) is 0.945. The van der Waals surface area contributed by atoms with E-state index >= 15 is 0 Å². The average molecular weight is 369 g/mol. The van der Waals surface area contributed by atoms with E-state index in [9.17, 15) is 4.79 Å². The number of nitrogens with zero attached hydrogens (tertiary/aromatic N) is 4. The van der Waals surface area contributed by atoms with Crippen molar-refractivity contribution >= 4 is 5.91 Å². The van der Waals surface area contributed by atoms with Crippen LogP contribution in [0.4, 0.5) is 0 Å². The molecule has 140 valence electrons. The van der Waals surface area contributed by atoms with Gasteiger partial charge in [0.1, 0.15) is 5.69 Å². The van der Waals surface area contributed by atoms with Crippen LogP contribution in [-0.4, -0.2) is 47.2 Å². The first kappa shape index (κ1) is 18.2. The maximum atomic E-state index is 12.5. The van der Waals surface area contributed by atoms with Crippen molar-refractivity contribution in [3.05, 3.63) is 54.1 Å². The minimum atomic E-state index is -0.298. The molecule has 3 aromatic rings. The minimum absolute atomic E-state index is 0.223. The van der Waals surface area contributed by atoms with Crippen LogP contribution in [0.3, 0.4) is 0 Å². The van der Waals surface area contributed by atoms with Crippen molar-refractivity contribution in [2.24, 2.45) is 0 Å². The van der Waals surface area contributed by atoms with E-state index < -0.39 is 0 Å².